The third-order valence-corrected chi connectivity index (χ3v) is 2.90. The molecule has 0 aliphatic heterocycles. The Morgan fingerprint density at radius 1 is 1.50 bits per heavy atom. The summed E-state index contributed by atoms with van der Waals surface area (Å²) in [5.74, 6) is 0.0307. The number of nitrogens with one attached hydrogen (secondary N) is 1. The smallest absolute Gasteiger partial charge is 0.234 e. The maximum atomic E-state index is 11.6. The van der Waals surface area contributed by atoms with Crippen LogP contribution in [0.3, 0.4) is 0 Å². The van der Waals surface area contributed by atoms with Crippen LogP contribution in [0.1, 0.15) is 19.4 Å². The normalized spacial score (nSPS) is 11.0. The molecule has 0 aliphatic carbocycles. The zero-order chi connectivity index (χ0) is 13.7. The molecule has 5 heteroatoms. The first-order valence-electron chi connectivity index (χ1n) is 5.90. The van der Waals surface area contributed by atoms with E-state index in [0.29, 0.717) is 13.1 Å². The summed E-state index contributed by atoms with van der Waals surface area (Å²) in [6, 6.07) is 5.96. The van der Waals surface area contributed by atoms with Crippen LogP contribution in [-0.4, -0.2) is 30.4 Å². The lowest BCUT2D eigenvalue weighted by Crippen LogP contribution is -2.38. The van der Waals surface area contributed by atoms with Gasteiger partial charge < -0.3 is 11.1 Å². The third kappa shape index (κ3) is 5.06. The molecular weight excluding hydrogens is 294 g/mol. The first kappa shape index (κ1) is 15.0. The average Bonchev–Trinajstić information content (AvgIpc) is 2.20. The van der Waals surface area contributed by atoms with Crippen molar-refractivity contribution in [1.29, 1.82) is 0 Å². The fraction of sp³-hybridized carbons (Fsp3) is 0.462. The van der Waals surface area contributed by atoms with Gasteiger partial charge >= 0.3 is 0 Å². The molecule has 100 valence electrons. The second kappa shape index (κ2) is 6.75. The van der Waals surface area contributed by atoms with Gasteiger partial charge in [-0.2, -0.15) is 0 Å². The van der Waals surface area contributed by atoms with Crippen molar-refractivity contribution in [1.82, 2.24) is 10.2 Å². The highest BCUT2D eigenvalue weighted by atomic mass is 79.9. The lowest BCUT2D eigenvalue weighted by molar-refractivity contribution is -0.122. The van der Waals surface area contributed by atoms with Gasteiger partial charge in [-0.05, 0) is 38.6 Å². The number of rotatable bonds is 5. The summed E-state index contributed by atoms with van der Waals surface area (Å²) < 4.78 is 0.962. The molecule has 0 spiro atoms. The number of nitrogen functional groups attached to an aromatic ring is 1. The SMILES string of the molecule is CC(C)NC(=O)CN(C)Cc1ccc(Br)cc1N. The fourth-order valence-corrected chi connectivity index (χ4v) is 2.05. The average molecular weight is 314 g/mol. The number of anilines is 1. The Kier molecular flexibility index (Phi) is 5.62. The Bertz CT molecular complexity index is 421. The number of benzene rings is 1. The van der Waals surface area contributed by atoms with E-state index < -0.39 is 0 Å². The molecule has 0 saturated heterocycles. The van der Waals surface area contributed by atoms with E-state index in [1.54, 1.807) is 0 Å². The van der Waals surface area contributed by atoms with Crippen LogP contribution in [0.4, 0.5) is 5.69 Å². The Hall–Kier alpha value is -1.07. The minimum absolute atomic E-state index is 0.0307. The molecule has 3 N–H and O–H groups in total. The van der Waals surface area contributed by atoms with E-state index in [1.807, 2.05) is 44.0 Å². The highest BCUT2D eigenvalue weighted by molar-refractivity contribution is 9.10. The van der Waals surface area contributed by atoms with Crippen molar-refractivity contribution in [2.24, 2.45) is 0 Å². The van der Waals surface area contributed by atoms with Crippen molar-refractivity contribution in [2.45, 2.75) is 26.4 Å². The number of nitrogens with zero attached hydrogens (tertiary/aromatic N) is 1. The van der Waals surface area contributed by atoms with Crippen molar-refractivity contribution < 1.29 is 4.79 Å². The van der Waals surface area contributed by atoms with Crippen molar-refractivity contribution in [3.63, 3.8) is 0 Å². The predicted octanol–water partition coefficient (Wildman–Crippen LogP) is 1.99. The Labute approximate surface area is 117 Å². The van der Waals surface area contributed by atoms with Gasteiger partial charge in [-0.3, -0.25) is 9.69 Å². The minimum atomic E-state index is 0.0307. The van der Waals surface area contributed by atoms with Gasteiger partial charge in [0.1, 0.15) is 0 Å². The molecule has 1 aromatic carbocycles. The topological polar surface area (TPSA) is 58.4 Å². The number of amides is 1. The van der Waals surface area contributed by atoms with Gasteiger partial charge in [0.05, 0.1) is 6.54 Å². The minimum Gasteiger partial charge on any atom is -0.398 e. The van der Waals surface area contributed by atoms with Crippen molar-refractivity contribution in [3.8, 4) is 0 Å². The van der Waals surface area contributed by atoms with Crippen molar-refractivity contribution >= 4 is 27.5 Å². The molecule has 0 aromatic heterocycles. The largest absolute Gasteiger partial charge is 0.398 e. The molecule has 4 nitrogen and oxygen atoms in total. The molecule has 0 bridgehead atoms. The molecule has 18 heavy (non-hydrogen) atoms. The number of hydrogen-bond acceptors (Lipinski definition) is 3. The van der Waals surface area contributed by atoms with Gasteiger partial charge in [-0.15, -0.1) is 0 Å². The highest BCUT2D eigenvalue weighted by Gasteiger charge is 2.09. The molecular formula is C13H20BrN3O. The first-order valence-corrected chi connectivity index (χ1v) is 6.69. The number of halogens is 1. The predicted molar refractivity (Wildman–Crippen MR) is 78.2 cm³/mol. The van der Waals surface area contributed by atoms with E-state index >= 15 is 0 Å². The second-order valence-corrected chi connectivity index (χ2v) is 5.65. The highest BCUT2D eigenvalue weighted by Crippen LogP contribution is 2.19. The summed E-state index contributed by atoms with van der Waals surface area (Å²) >= 11 is 3.37. The maximum absolute atomic E-state index is 11.6. The molecule has 1 rings (SSSR count). The lowest BCUT2D eigenvalue weighted by atomic mass is 10.2. The van der Waals surface area contributed by atoms with Gasteiger partial charge in [-0.1, -0.05) is 22.0 Å². The van der Waals surface area contributed by atoms with E-state index in [0.717, 1.165) is 15.7 Å². The second-order valence-electron chi connectivity index (χ2n) is 4.74. The fourth-order valence-electron chi connectivity index (χ4n) is 1.67. The third-order valence-electron chi connectivity index (χ3n) is 2.41. The Morgan fingerprint density at radius 2 is 2.17 bits per heavy atom. The number of likely N-dealkylation sites (N-methyl/N-ethyl adjacent to an activating group) is 1. The van der Waals surface area contributed by atoms with Gasteiger partial charge in [0.2, 0.25) is 5.91 Å². The number of hydrogen-bond donors (Lipinski definition) is 2. The summed E-state index contributed by atoms with van der Waals surface area (Å²) in [5.41, 5.74) is 7.69. The van der Waals surface area contributed by atoms with E-state index in [-0.39, 0.29) is 11.9 Å². The van der Waals surface area contributed by atoms with Crippen LogP contribution >= 0.6 is 15.9 Å². The lowest BCUT2D eigenvalue weighted by Gasteiger charge is -2.18. The van der Waals surface area contributed by atoms with E-state index in [4.69, 9.17) is 5.73 Å². The van der Waals surface area contributed by atoms with Crippen LogP contribution in [-0.2, 0) is 11.3 Å². The molecule has 1 aromatic rings. The van der Waals surface area contributed by atoms with Crippen LogP contribution in [0.25, 0.3) is 0 Å². The van der Waals surface area contributed by atoms with Crippen LogP contribution in [0.15, 0.2) is 22.7 Å². The molecule has 0 aliphatic rings. The molecule has 0 saturated carbocycles. The van der Waals surface area contributed by atoms with E-state index in [1.165, 1.54) is 0 Å². The summed E-state index contributed by atoms with van der Waals surface area (Å²) in [7, 11) is 1.90. The summed E-state index contributed by atoms with van der Waals surface area (Å²) in [4.78, 5) is 13.5. The summed E-state index contributed by atoms with van der Waals surface area (Å²) in [5, 5.41) is 2.86. The molecule has 0 unspecified atom stereocenters. The standard InChI is InChI=1S/C13H20BrN3O/c1-9(2)16-13(18)8-17(3)7-10-4-5-11(14)6-12(10)15/h4-6,9H,7-8,15H2,1-3H3,(H,16,18). The first-order chi connectivity index (χ1) is 8.38. The van der Waals surface area contributed by atoms with Gasteiger partial charge in [0.15, 0.2) is 0 Å². The molecule has 0 atom stereocenters. The summed E-state index contributed by atoms with van der Waals surface area (Å²) in [6.45, 7) is 4.92. The zero-order valence-electron chi connectivity index (χ0n) is 11.0. The number of carbonyl (C=O) groups is 1. The van der Waals surface area contributed by atoms with Crippen molar-refractivity contribution in [3.05, 3.63) is 28.2 Å². The van der Waals surface area contributed by atoms with Crippen LogP contribution in [0, 0.1) is 0 Å². The van der Waals surface area contributed by atoms with E-state index in [2.05, 4.69) is 21.2 Å². The maximum Gasteiger partial charge on any atom is 0.234 e. The summed E-state index contributed by atoms with van der Waals surface area (Å²) in [6.07, 6.45) is 0. The van der Waals surface area contributed by atoms with Crippen molar-refractivity contribution in [2.75, 3.05) is 19.3 Å². The molecule has 0 radical (unpaired) electrons. The van der Waals surface area contributed by atoms with Gasteiger partial charge in [0.25, 0.3) is 0 Å². The zero-order valence-corrected chi connectivity index (χ0v) is 12.6. The monoisotopic (exact) mass is 313 g/mol. The Morgan fingerprint density at radius 3 is 2.72 bits per heavy atom. The van der Waals surface area contributed by atoms with Crippen LogP contribution in [0.2, 0.25) is 0 Å². The van der Waals surface area contributed by atoms with E-state index in [9.17, 15) is 4.79 Å². The van der Waals surface area contributed by atoms with Gasteiger partial charge in [-0.25, -0.2) is 0 Å². The molecule has 1 amide bonds. The van der Waals surface area contributed by atoms with Gasteiger partial charge in [0, 0.05) is 22.7 Å². The quantitative estimate of drug-likeness (QED) is 0.817. The molecule has 0 fully saturated rings. The number of nitrogens with two attached hydrogens (primary N) is 1. The Balaban J connectivity index is 2.54. The van der Waals surface area contributed by atoms with Crippen LogP contribution < -0.4 is 11.1 Å². The number of carbonyl (C=O) groups excluding carboxylic acids is 1. The van der Waals surface area contributed by atoms with Crippen LogP contribution in [0.5, 0.6) is 0 Å². The molecule has 0 heterocycles.